The highest BCUT2D eigenvalue weighted by atomic mass is 16.5. The van der Waals surface area contributed by atoms with E-state index in [1.165, 1.54) is 0 Å². The highest BCUT2D eigenvalue weighted by Crippen LogP contribution is 2.32. The molecule has 4 heterocycles. The van der Waals surface area contributed by atoms with E-state index in [9.17, 15) is 4.79 Å². The van der Waals surface area contributed by atoms with Gasteiger partial charge in [-0.15, -0.1) is 0 Å². The van der Waals surface area contributed by atoms with E-state index in [1.54, 1.807) is 9.08 Å². The second-order valence-electron chi connectivity index (χ2n) is 7.98. The minimum Gasteiger partial charge on any atom is -0.356 e. The van der Waals surface area contributed by atoms with Gasteiger partial charge in [0.1, 0.15) is 5.52 Å². The molecular formula is C22H25N5O2. The van der Waals surface area contributed by atoms with Gasteiger partial charge >= 0.3 is 0 Å². The predicted molar refractivity (Wildman–Crippen MR) is 111 cm³/mol. The highest BCUT2D eigenvalue weighted by molar-refractivity contribution is 5.79. The van der Waals surface area contributed by atoms with Crippen molar-refractivity contribution in [2.24, 2.45) is 0 Å². The van der Waals surface area contributed by atoms with Gasteiger partial charge in [0.05, 0.1) is 11.4 Å². The third-order valence-corrected chi connectivity index (χ3v) is 6.27. The fourth-order valence-corrected chi connectivity index (χ4v) is 4.40. The van der Waals surface area contributed by atoms with Crippen LogP contribution in [0.25, 0.3) is 16.5 Å². The number of piperidine rings is 1. The highest BCUT2D eigenvalue weighted by Gasteiger charge is 2.24. The molecule has 0 spiro atoms. The number of hydrogen-bond donors (Lipinski definition) is 0. The summed E-state index contributed by atoms with van der Waals surface area (Å²) in [5, 5.41) is 9.88. The van der Waals surface area contributed by atoms with Gasteiger partial charge in [0, 0.05) is 42.4 Å². The first-order valence-corrected chi connectivity index (χ1v) is 10.2. The van der Waals surface area contributed by atoms with Crippen LogP contribution in [0.4, 0.5) is 0 Å². The van der Waals surface area contributed by atoms with Gasteiger partial charge in [-0.05, 0) is 51.9 Å². The summed E-state index contributed by atoms with van der Waals surface area (Å²) in [6.07, 6.45) is 5.84. The Hall–Kier alpha value is -2.93. The maximum atomic E-state index is 12.8. The molecule has 0 aliphatic carbocycles. The quantitative estimate of drug-likeness (QED) is 0.535. The first-order valence-electron chi connectivity index (χ1n) is 10.2. The van der Waals surface area contributed by atoms with Crippen molar-refractivity contribution in [2.75, 3.05) is 19.6 Å². The van der Waals surface area contributed by atoms with Crippen LogP contribution in [0.3, 0.4) is 0 Å². The van der Waals surface area contributed by atoms with Crippen molar-refractivity contribution < 1.29 is 4.52 Å². The van der Waals surface area contributed by atoms with Gasteiger partial charge in [-0.3, -0.25) is 4.79 Å². The number of benzene rings is 1. The number of nitrogens with zero attached hydrogens (tertiary/aromatic N) is 5. The zero-order valence-electron chi connectivity index (χ0n) is 16.8. The molecule has 0 bridgehead atoms. The van der Waals surface area contributed by atoms with Gasteiger partial charge in [-0.25, -0.2) is 4.52 Å². The SMILES string of the molecule is Cc1nn2ccn(CCN3CCC(c4noc5ccccc45)CC3)c(=O)c2c1C. The number of aryl methyl sites for hydroxylation is 2. The van der Waals surface area contributed by atoms with Gasteiger partial charge < -0.3 is 14.0 Å². The van der Waals surface area contributed by atoms with Gasteiger partial charge in [-0.2, -0.15) is 5.10 Å². The van der Waals surface area contributed by atoms with E-state index < -0.39 is 0 Å². The summed E-state index contributed by atoms with van der Waals surface area (Å²) in [7, 11) is 0. The molecule has 7 heteroatoms. The van der Waals surface area contributed by atoms with Gasteiger partial charge in [0.2, 0.25) is 0 Å². The second kappa shape index (κ2) is 7.15. The third kappa shape index (κ3) is 3.15. The Morgan fingerprint density at radius 1 is 1.10 bits per heavy atom. The zero-order valence-corrected chi connectivity index (χ0v) is 16.8. The molecule has 4 aromatic rings. The first kappa shape index (κ1) is 18.1. The molecule has 3 aromatic heterocycles. The van der Waals surface area contributed by atoms with E-state index in [-0.39, 0.29) is 5.56 Å². The maximum Gasteiger partial charge on any atom is 0.276 e. The Bertz CT molecular complexity index is 1230. The molecule has 0 radical (unpaired) electrons. The largest absolute Gasteiger partial charge is 0.356 e. The Labute approximate surface area is 168 Å². The zero-order chi connectivity index (χ0) is 20.0. The van der Waals surface area contributed by atoms with Crippen molar-refractivity contribution >= 4 is 16.5 Å². The summed E-state index contributed by atoms with van der Waals surface area (Å²) in [4.78, 5) is 15.3. The monoisotopic (exact) mass is 391 g/mol. The minimum absolute atomic E-state index is 0.0366. The molecular weight excluding hydrogens is 366 g/mol. The summed E-state index contributed by atoms with van der Waals surface area (Å²) >= 11 is 0. The Morgan fingerprint density at radius 2 is 1.90 bits per heavy atom. The Morgan fingerprint density at radius 3 is 2.72 bits per heavy atom. The topological polar surface area (TPSA) is 68.6 Å². The second-order valence-corrected chi connectivity index (χ2v) is 7.98. The molecule has 0 atom stereocenters. The van der Waals surface area contributed by atoms with Crippen LogP contribution in [0.2, 0.25) is 0 Å². The van der Waals surface area contributed by atoms with Crippen molar-refractivity contribution in [1.82, 2.24) is 24.2 Å². The van der Waals surface area contributed by atoms with E-state index >= 15 is 0 Å². The van der Waals surface area contributed by atoms with E-state index in [0.717, 1.165) is 60.4 Å². The van der Waals surface area contributed by atoms with Crippen molar-refractivity contribution in [3.8, 4) is 0 Å². The molecule has 7 nitrogen and oxygen atoms in total. The van der Waals surface area contributed by atoms with Crippen LogP contribution < -0.4 is 5.56 Å². The molecule has 1 aliphatic rings. The summed E-state index contributed by atoms with van der Waals surface area (Å²) in [5.41, 5.74) is 4.54. The van der Waals surface area contributed by atoms with Crippen LogP contribution in [0.5, 0.6) is 0 Å². The molecule has 1 aliphatic heterocycles. The Balaban J connectivity index is 1.25. The van der Waals surface area contributed by atoms with Crippen LogP contribution in [-0.2, 0) is 6.54 Å². The standard InChI is InChI=1S/C22H25N5O2/c1-15-16(2)23-27-14-13-26(22(28)21(15)27)12-11-25-9-7-17(8-10-25)20-18-5-3-4-6-19(18)29-24-20/h3-6,13-14,17H,7-12H2,1-2H3. The number of para-hydroxylation sites is 1. The molecule has 0 unspecified atom stereocenters. The van der Waals surface area contributed by atoms with Crippen molar-refractivity contribution in [2.45, 2.75) is 39.2 Å². The van der Waals surface area contributed by atoms with E-state index in [0.29, 0.717) is 18.0 Å². The number of hydrogen-bond acceptors (Lipinski definition) is 5. The van der Waals surface area contributed by atoms with Crippen molar-refractivity contribution in [1.29, 1.82) is 0 Å². The molecule has 150 valence electrons. The lowest BCUT2D eigenvalue weighted by Gasteiger charge is -2.31. The lowest BCUT2D eigenvalue weighted by Crippen LogP contribution is -2.37. The fraction of sp³-hybridized carbons (Fsp3) is 0.409. The molecule has 0 saturated carbocycles. The molecule has 0 N–H and O–H groups in total. The molecule has 1 aromatic carbocycles. The van der Waals surface area contributed by atoms with Crippen LogP contribution in [0, 0.1) is 13.8 Å². The van der Waals surface area contributed by atoms with Gasteiger partial charge in [0.25, 0.3) is 5.56 Å². The summed E-state index contributed by atoms with van der Waals surface area (Å²) in [6.45, 7) is 7.47. The van der Waals surface area contributed by atoms with E-state index in [1.807, 2.05) is 44.4 Å². The lowest BCUT2D eigenvalue weighted by molar-refractivity contribution is 0.202. The first-order chi connectivity index (χ1) is 14.1. The van der Waals surface area contributed by atoms with E-state index in [4.69, 9.17) is 4.52 Å². The van der Waals surface area contributed by atoms with Crippen LogP contribution >= 0.6 is 0 Å². The summed E-state index contributed by atoms with van der Waals surface area (Å²) in [6, 6.07) is 8.08. The smallest absolute Gasteiger partial charge is 0.276 e. The molecule has 0 amide bonds. The van der Waals surface area contributed by atoms with Crippen LogP contribution in [0.15, 0.2) is 46.0 Å². The maximum absolute atomic E-state index is 12.8. The average Bonchev–Trinajstić information content (AvgIpc) is 3.29. The summed E-state index contributed by atoms with van der Waals surface area (Å²) in [5.74, 6) is 0.436. The van der Waals surface area contributed by atoms with E-state index in [2.05, 4.69) is 21.2 Å². The van der Waals surface area contributed by atoms with Crippen LogP contribution in [-0.4, -0.2) is 43.9 Å². The van der Waals surface area contributed by atoms with Crippen molar-refractivity contribution in [3.63, 3.8) is 0 Å². The Kier molecular flexibility index (Phi) is 4.47. The van der Waals surface area contributed by atoms with Crippen molar-refractivity contribution in [3.05, 3.63) is 64.0 Å². The lowest BCUT2D eigenvalue weighted by atomic mass is 9.91. The molecule has 5 rings (SSSR count). The molecule has 29 heavy (non-hydrogen) atoms. The fourth-order valence-electron chi connectivity index (χ4n) is 4.40. The molecule has 1 fully saturated rings. The number of aromatic nitrogens is 4. The number of rotatable bonds is 4. The normalized spacial score (nSPS) is 16.2. The average molecular weight is 391 g/mol. The van der Waals surface area contributed by atoms with Gasteiger partial charge in [-0.1, -0.05) is 17.3 Å². The predicted octanol–water partition coefficient (Wildman–Crippen LogP) is 3.13. The molecule has 1 saturated heterocycles. The number of likely N-dealkylation sites (tertiary alicyclic amines) is 1. The third-order valence-electron chi connectivity index (χ3n) is 6.27. The summed E-state index contributed by atoms with van der Waals surface area (Å²) < 4.78 is 8.98. The minimum atomic E-state index is 0.0366. The van der Waals surface area contributed by atoms with Gasteiger partial charge in [0.15, 0.2) is 5.58 Å². The number of fused-ring (bicyclic) bond motifs is 2. The van der Waals surface area contributed by atoms with Crippen LogP contribution in [0.1, 0.15) is 35.7 Å².